The molecule has 1 aromatic rings. The van der Waals surface area contributed by atoms with Crippen molar-refractivity contribution in [2.75, 3.05) is 6.54 Å². The quantitative estimate of drug-likeness (QED) is 0.630. The van der Waals surface area contributed by atoms with E-state index in [2.05, 4.69) is 21.1 Å². The van der Waals surface area contributed by atoms with E-state index < -0.39 is 0 Å². The highest BCUT2D eigenvalue weighted by atomic mass is 15.2. The van der Waals surface area contributed by atoms with Crippen molar-refractivity contribution in [2.24, 2.45) is 0 Å². The standard InChI is InChI=1S/C10H12N3/c1-2-9(1)13-4-3-10-8(6-13)5-11-7-12-10/h7,9H,1-4,6H2. The molecule has 1 fully saturated rings. The lowest BCUT2D eigenvalue weighted by Gasteiger charge is -2.27. The van der Waals surface area contributed by atoms with E-state index in [0.717, 1.165) is 19.0 Å². The lowest BCUT2D eigenvalue weighted by atomic mass is 10.1. The summed E-state index contributed by atoms with van der Waals surface area (Å²) in [7, 11) is 0. The molecule has 0 saturated heterocycles. The Labute approximate surface area is 77.8 Å². The second-order valence-electron chi connectivity index (χ2n) is 3.86. The minimum Gasteiger partial charge on any atom is -0.296 e. The van der Waals surface area contributed by atoms with Gasteiger partial charge in [0.1, 0.15) is 6.33 Å². The van der Waals surface area contributed by atoms with Crippen molar-refractivity contribution in [1.29, 1.82) is 0 Å². The number of nitrogens with zero attached hydrogens (tertiary/aromatic N) is 3. The second-order valence-corrected chi connectivity index (χ2v) is 3.86. The zero-order chi connectivity index (χ0) is 8.67. The number of aromatic nitrogens is 2. The first-order valence-corrected chi connectivity index (χ1v) is 4.88. The largest absolute Gasteiger partial charge is 0.296 e. The zero-order valence-corrected chi connectivity index (χ0v) is 7.53. The fourth-order valence-corrected chi connectivity index (χ4v) is 1.97. The molecule has 0 unspecified atom stereocenters. The fourth-order valence-electron chi connectivity index (χ4n) is 1.97. The number of fused-ring (bicyclic) bond motifs is 1. The van der Waals surface area contributed by atoms with Crippen LogP contribution in [0.25, 0.3) is 0 Å². The summed E-state index contributed by atoms with van der Waals surface area (Å²) in [5, 5.41) is 0. The van der Waals surface area contributed by atoms with E-state index >= 15 is 0 Å². The summed E-state index contributed by atoms with van der Waals surface area (Å²) < 4.78 is 0. The predicted octanol–water partition coefficient (Wildman–Crippen LogP) is 0.797. The Morgan fingerprint density at radius 2 is 2.38 bits per heavy atom. The average Bonchev–Trinajstić information content (AvgIpc) is 3.00. The van der Waals surface area contributed by atoms with E-state index in [-0.39, 0.29) is 0 Å². The van der Waals surface area contributed by atoms with Gasteiger partial charge in [-0.1, -0.05) is 0 Å². The van der Waals surface area contributed by atoms with Crippen LogP contribution in [0.1, 0.15) is 24.1 Å². The first kappa shape index (κ1) is 7.44. The maximum absolute atomic E-state index is 4.26. The van der Waals surface area contributed by atoms with Crippen molar-refractivity contribution in [3.05, 3.63) is 23.8 Å². The molecule has 13 heavy (non-hydrogen) atoms. The van der Waals surface area contributed by atoms with Crippen molar-refractivity contribution < 1.29 is 0 Å². The predicted molar refractivity (Wildman–Crippen MR) is 48.0 cm³/mol. The normalized spacial score (nSPS) is 22.8. The Bertz CT molecular complexity index is 320. The first-order chi connectivity index (χ1) is 6.43. The third-order valence-electron chi connectivity index (χ3n) is 2.88. The summed E-state index contributed by atoms with van der Waals surface area (Å²) in [6.07, 6.45) is 8.48. The molecule has 0 spiro atoms. The number of rotatable bonds is 1. The van der Waals surface area contributed by atoms with Crippen molar-refractivity contribution in [3.63, 3.8) is 0 Å². The van der Waals surface area contributed by atoms with Gasteiger partial charge in [-0.25, -0.2) is 9.97 Å². The molecule has 2 heterocycles. The van der Waals surface area contributed by atoms with E-state index in [1.807, 2.05) is 0 Å². The first-order valence-electron chi connectivity index (χ1n) is 4.88. The lowest BCUT2D eigenvalue weighted by molar-refractivity contribution is 0.241. The van der Waals surface area contributed by atoms with E-state index in [9.17, 15) is 0 Å². The zero-order valence-electron chi connectivity index (χ0n) is 7.53. The van der Waals surface area contributed by atoms with Crippen molar-refractivity contribution >= 4 is 0 Å². The molecular formula is C10H12N3. The summed E-state index contributed by atoms with van der Waals surface area (Å²) >= 11 is 0. The SMILES string of the molecule is [c]1ncnc2c1CN(C1CC1)CC2. The van der Waals surface area contributed by atoms with Crippen LogP contribution in [0.2, 0.25) is 0 Å². The third-order valence-corrected chi connectivity index (χ3v) is 2.88. The van der Waals surface area contributed by atoms with E-state index in [4.69, 9.17) is 0 Å². The molecule has 1 radical (unpaired) electrons. The summed E-state index contributed by atoms with van der Waals surface area (Å²) in [6.45, 7) is 2.18. The molecule has 3 rings (SSSR count). The Kier molecular flexibility index (Phi) is 1.59. The average molecular weight is 174 g/mol. The minimum absolute atomic E-state index is 0.849. The highest BCUT2D eigenvalue weighted by molar-refractivity contribution is 5.18. The smallest absolute Gasteiger partial charge is 0.116 e. The Balaban J connectivity index is 1.85. The highest BCUT2D eigenvalue weighted by Gasteiger charge is 2.31. The van der Waals surface area contributed by atoms with Crippen LogP contribution in [0.3, 0.4) is 0 Å². The molecule has 1 aliphatic heterocycles. The van der Waals surface area contributed by atoms with Gasteiger partial charge in [0.2, 0.25) is 0 Å². The molecule has 0 bridgehead atoms. The number of hydrogen-bond acceptors (Lipinski definition) is 3. The molecule has 2 aliphatic rings. The summed E-state index contributed by atoms with van der Waals surface area (Å²) in [6, 6.07) is 0.849. The summed E-state index contributed by atoms with van der Waals surface area (Å²) in [5.41, 5.74) is 2.41. The van der Waals surface area contributed by atoms with Crippen LogP contribution in [-0.2, 0) is 13.0 Å². The van der Waals surface area contributed by atoms with Crippen molar-refractivity contribution in [1.82, 2.24) is 14.9 Å². The van der Waals surface area contributed by atoms with Gasteiger partial charge in [0.15, 0.2) is 0 Å². The molecule has 3 nitrogen and oxygen atoms in total. The van der Waals surface area contributed by atoms with Crippen LogP contribution in [0.5, 0.6) is 0 Å². The monoisotopic (exact) mass is 174 g/mol. The fraction of sp³-hybridized carbons (Fsp3) is 0.600. The van der Waals surface area contributed by atoms with Gasteiger partial charge in [-0.3, -0.25) is 4.90 Å². The summed E-state index contributed by atoms with van der Waals surface area (Å²) in [5.74, 6) is 0. The van der Waals surface area contributed by atoms with E-state index in [1.54, 1.807) is 6.33 Å². The van der Waals surface area contributed by atoms with Gasteiger partial charge in [-0.15, -0.1) is 0 Å². The van der Waals surface area contributed by atoms with Crippen LogP contribution >= 0.6 is 0 Å². The van der Waals surface area contributed by atoms with E-state index in [0.29, 0.717) is 0 Å². The molecule has 0 atom stereocenters. The topological polar surface area (TPSA) is 29.0 Å². The van der Waals surface area contributed by atoms with Crippen molar-refractivity contribution in [3.8, 4) is 0 Å². The van der Waals surface area contributed by atoms with Crippen LogP contribution in [0, 0.1) is 6.20 Å². The molecule has 1 saturated carbocycles. The van der Waals surface area contributed by atoms with Gasteiger partial charge >= 0.3 is 0 Å². The molecular weight excluding hydrogens is 162 g/mol. The third kappa shape index (κ3) is 1.33. The van der Waals surface area contributed by atoms with Crippen LogP contribution in [0.15, 0.2) is 6.33 Å². The van der Waals surface area contributed by atoms with Crippen molar-refractivity contribution in [2.45, 2.75) is 31.8 Å². The highest BCUT2D eigenvalue weighted by Crippen LogP contribution is 2.30. The van der Waals surface area contributed by atoms with Gasteiger partial charge in [-0.05, 0) is 12.8 Å². The van der Waals surface area contributed by atoms with Crippen LogP contribution < -0.4 is 0 Å². The second kappa shape index (κ2) is 2.77. The van der Waals surface area contributed by atoms with Gasteiger partial charge in [0.05, 0.1) is 11.9 Å². The number of hydrogen-bond donors (Lipinski definition) is 0. The molecule has 0 N–H and O–H groups in total. The maximum Gasteiger partial charge on any atom is 0.116 e. The molecule has 0 aromatic carbocycles. The lowest BCUT2D eigenvalue weighted by Crippen LogP contribution is -2.32. The maximum atomic E-state index is 4.26. The molecule has 67 valence electrons. The molecule has 1 aliphatic carbocycles. The van der Waals surface area contributed by atoms with Gasteiger partial charge in [-0.2, -0.15) is 0 Å². The minimum atomic E-state index is 0.849. The molecule has 1 aromatic heterocycles. The van der Waals surface area contributed by atoms with Gasteiger partial charge < -0.3 is 0 Å². The Morgan fingerprint density at radius 3 is 3.23 bits per heavy atom. The van der Waals surface area contributed by atoms with Gasteiger partial charge in [0.25, 0.3) is 0 Å². The summed E-state index contributed by atoms with van der Waals surface area (Å²) in [4.78, 5) is 10.7. The van der Waals surface area contributed by atoms with E-state index in [1.165, 1.54) is 30.6 Å². The molecule has 3 heteroatoms. The Morgan fingerprint density at radius 1 is 1.46 bits per heavy atom. The van der Waals surface area contributed by atoms with Gasteiger partial charge in [0, 0.05) is 31.1 Å². The van der Waals surface area contributed by atoms with Crippen LogP contribution in [0.4, 0.5) is 0 Å². The van der Waals surface area contributed by atoms with Crippen LogP contribution in [-0.4, -0.2) is 27.5 Å². The Hall–Kier alpha value is -0.960. The molecule has 0 amide bonds.